The number of halogens is 3. The zero-order chi connectivity index (χ0) is 24.0. The number of amides is 3. The van der Waals surface area contributed by atoms with Crippen LogP contribution in [0, 0.1) is 18.6 Å². The molecule has 5 nitrogen and oxygen atoms in total. The van der Waals surface area contributed by atoms with Gasteiger partial charge in [0.2, 0.25) is 0 Å². The molecule has 2 aliphatic heterocycles. The van der Waals surface area contributed by atoms with Gasteiger partial charge in [0.15, 0.2) is 16.5 Å². The number of carbonyl (C=O) groups excluding carboxylic acids is 2. The van der Waals surface area contributed by atoms with Crippen LogP contribution in [0.1, 0.15) is 16.7 Å². The van der Waals surface area contributed by atoms with E-state index in [1.165, 1.54) is 17.8 Å². The SMILES string of the molecule is Cc1ccc2c(c1)[C@]1(SCCN1C(=O)Nc1ccc(Cl)cc1)C(=O)N2Cc1ccc(F)c(F)c1. The summed E-state index contributed by atoms with van der Waals surface area (Å²) in [4.78, 5) is 29.2. The fourth-order valence-corrected chi connectivity index (χ4v) is 6.01. The zero-order valence-electron chi connectivity index (χ0n) is 18.1. The van der Waals surface area contributed by atoms with E-state index >= 15 is 0 Å². The number of nitrogens with one attached hydrogen (secondary N) is 1. The van der Waals surface area contributed by atoms with Crippen molar-refractivity contribution in [3.05, 3.63) is 94.0 Å². The topological polar surface area (TPSA) is 52.7 Å². The van der Waals surface area contributed by atoms with E-state index in [1.54, 1.807) is 34.1 Å². The van der Waals surface area contributed by atoms with Gasteiger partial charge in [-0.2, -0.15) is 0 Å². The predicted molar refractivity (Wildman–Crippen MR) is 130 cm³/mol. The summed E-state index contributed by atoms with van der Waals surface area (Å²) in [6.07, 6.45) is 0. The third-order valence-electron chi connectivity index (χ3n) is 6.01. The van der Waals surface area contributed by atoms with Crippen LogP contribution >= 0.6 is 23.4 Å². The summed E-state index contributed by atoms with van der Waals surface area (Å²) in [6.45, 7) is 2.36. The van der Waals surface area contributed by atoms with Crippen molar-refractivity contribution in [3.63, 3.8) is 0 Å². The van der Waals surface area contributed by atoms with Crippen LogP contribution in [-0.2, 0) is 16.2 Å². The van der Waals surface area contributed by atoms with Gasteiger partial charge in [-0.25, -0.2) is 13.6 Å². The van der Waals surface area contributed by atoms with Crippen LogP contribution in [0.5, 0.6) is 0 Å². The van der Waals surface area contributed by atoms with E-state index in [2.05, 4.69) is 5.32 Å². The summed E-state index contributed by atoms with van der Waals surface area (Å²) in [5.41, 5.74) is 3.34. The maximum Gasteiger partial charge on any atom is 0.323 e. The van der Waals surface area contributed by atoms with E-state index in [1.807, 2.05) is 25.1 Å². The third kappa shape index (κ3) is 3.71. The second kappa shape index (κ2) is 8.60. The molecule has 2 aliphatic rings. The van der Waals surface area contributed by atoms with Gasteiger partial charge in [0.25, 0.3) is 5.91 Å². The quantitative estimate of drug-likeness (QED) is 0.487. The third-order valence-corrected chi connectivity index (χ3v) is 7.69. The molecular weight excluding hydrogens is 480 g/mol. The molecule has 9 heteroatoms. The van der Waals surface area contributed by atoms with Gasteiger partial charge >= 0.3 is 6.03 Å². The first-order valence-corrected chi connectivity index (χ1v) is 12.0. The van der Waals surface area contributed by atoms with Crippen LogP contribution < -0.4 is 10.2 Å². The fraction of sp³-hybridized carbons (Fsp3) is 0.200. The van der Waals surface area contributed by atoms with Crippen molar-refractivity contribution >= 4 is 46.7 Å². The number of benzene rings is 3. The van der Waals surface area contributed by atoms with Crippen LogP contribution in [0.25, 0.3) is 0 Å². The maximum atomic E-state index is 14.0. The van der Waals surface area contributed by atoms with Gasteiger partial charge in [0, 0.05) is 28.6 Å². The Bertz CT molecular complexity index is 1300. The molecule has 1 saturated heterocycles. The lowest BCUT2D eigenvalue weighted by Crippen LogP contribution is -2.51. The lowest BCUT2D eigenvalue weighted by molar-refractivity contribution is -0.123. The van der Waals surface area contributed by atoms with Crippen molar-refractivity contribution in [1.82, 2.24) is 4.90 Å². The molecule has 1 N–H and O–H groups in total. The molecule has 174 valence electrons. The van der Waals surface area contributed by atoms with E-state index in [0.717, 1.165) is 17.7 Å². The summed E-state index contributed by atoms with van der Waals surface area (Å²) in [5, 5.41) is 3.41. The van der Waals surface area contributed by atoms with Crippen molar-refractivity contribution in [2.75, 3.05) is 22.5 Å². The van der Waals surface area contributed by atoms with Gasteiger partial charge in [-0.05, 0) is 55.0 Å². The van der Waals surface area contributed by atoms with Gasteiger partial charge in [-0.1, -0.05) is 35.4 Å². The Morgan fingerprint density at radius 2 is 1.85 bits per heavy atom. The number of carbonyl (C=O) groups is 2. The van der Waals surface area contributed by atoms with E-state index in [-0.39, 0.29) is 12.5 Å². The molecule has 2 heterocycles. The van der Waals surface area contributed by atoms with Gasteiger partial charge in [0.05, 0.1) is 12.2 Å². The molecule has 3 aromatic carbocycles. The summed E-state index contributed by atoms with van der Waals surface area (Å²) in [6, 6.07) is 15.6. The molecule has 0 saturated carbocycles. The summed E-state index contributed by atoms with van der Waals surface area (Å²) in [5.74, 6) is -1.62. The lowest BCUT2D eigenvalue weighted by atomic mass is 10.0. The number of thioether (sulfide) groups is 1. The Morgan fingerprint density at radius 1 is 1.09 bits per heavy atom. The van der Waals surface area contributed by atoms with Crippen molar-refractivity contribution in [1.29, 1.82) is 0 Å². The summed E-state index contributed by atoms with van der Waals surface area (Å²) >= 11 is 7.34. The molecule has 0 bridgehead atoms. The highest BCUT2D eigenvalue weighted by Gasteiger charge is 2.59. The highest BCUT2D eigenvalue weighted by Crippen LogP contribution is 2.54. The first-order chi connectivity index (χ1) is 16.3. The fourth-order valence-electron chi connectivity index (χ4n) is 4.43. The average Bonchev–Trinajstić information content (AvgIpc) is 3.35. The molecule has 3 aromatic rings. The molecule has 0 aliphatic carbocycles. The van der Waals surface area contributed by atoms with Crippen molar-refractivity contribution < 1.29 is 18.4 Å². The molecule has 0 radical (unpaired) electrons. The molecule has 1 fully saturated rings. The van der Waals surface area contributed by atoms with Crippen LogP contribution in [-0.4, -0.2) is 29.1 Å². The number of aryl methyl sites for hydroxylation is 1. The second-order valence-corrected chi connectivity index (χ2v) is 9.97. The second-order valence-electron chi connectivity index (χ2n) is 8.24. The molecule has 1 atom stereocenters. The largest absolute Gasteiger partial charge is 0.323 e. The first kappa shape index (κ1) is 22.7. The molecule has 1 spiro atoms. The number of fused-ring (bicyclic) bond motifs is 2. The number of anilines is 2. The number of urea groups is 1. The Morgan fingerprint density at radius 3 is 2.59 bits per heavy atom. The first-order valence-electron chi connectivity index (χ1n) is 10.6. The molecule has 0 aromatic heterocycles. The standard InChI is InChI=1S/C25H20ClF2N3O2S/c1-15-2-9-22-19(12-15)25(23(32)30(22)14-16-3-8-20(27)21(28)13-16)31(10-11-34-25)24(33)29-18-6-4-17(26)5-7-18/h2-9,12-13H,10-11,14H2,1H3,(H,29,33)/t25-/m0/s1. The molecular formula is C25H20ClF2N3O2S. The van der Waals surface area contributed by atoms with Crippen molar-refractivity contribution in [2.45, 2.75) is 18.3 Å². The van der Waals surface area contributed by atoms with Crippen molar-refractivity contribution in [2.24, 2.45) is 0 Å². The minimum absolute atomic E-state index is 0.0566. The van der Waals surface area contributed by atoms with Gasteiger partial charge in [-0.15, -0.1) is 11.8 Å². The van der Waals surface area contributed by atoms with Crippen LogP contribution in [0.3, 0.4) is 0 Å². The minimum atomic E-state index is -1.24. The number of hydrogen-bond donors (Lipinski definition) is 1. The smallest absolute Gasteiger partial charge is 0.308 e. The molecule has 5 rings (SSSR count). The monoisotopic (exact) mass is 499 g/mol. The minimum Gasteiger partial charge on any atom is -0.308 e. The van der Waals surface area contributed by atoms with E-state index in [0.29, 0.717) is 39.8 Å². The Kier molecular flexibility index (Phi) is 5.73. The Hall–Kier alpha value is -3.10. The molecule has 34 heavy (non-hydrogen) atoms. The van der Waals surface area contributed by atoms with Crippen molar-refractivity contribution in [3.8, 4) is 0 Å². The van der Waals surface area contributed by atoms with Crippen LogP contribution in [0.2, 0.25) is 5.02 Å². The number of rotatable bonds is 3. The lowest BCUT2D eigenvalue weighted by Gasteiger charge is -2.33. The summed E-state index contributed by atoms with van der Waals surface area (Å²) in [7, 11) is 0. The van der Waals surface area contributed by atoms with E-state index < -0.39 is 22.5 Å². The predicted octanol–water partition coefficient (Wildman–Crippen LogP) is 5.91. The van der Waals surface area contributed by atoms with Crippen LogP contribution in [0.15, 0.2) is 60.7 Å². The zero-order valence-corrected chi connectivity index (χ0v) is 19.7. The van der Waals surface area contributed by atoms with E-state index in [9.17, 15) is 18.4 Å². The Balaban J connectivity index is 1.52. The van der Waals surface area contributed by atoms with E-state index in [4.69, 9.17) is 11.6 Å². The highest BCUT2D eigenvalue weighted by molar-refractivity contribution is 8.01. The number of hydrogen-bond acceptors (Lipinski definition) is 3. The molecule has 0 unspecified atom stereocenters. The normalized spacial score (nSPS) is 19.1. The highest BCUT2D eigenvalue weighted by atomic mass is 35.5. The summed E-state index contributed by atoms with van der Waals surface area (Å²) < 4.78 is 27.3. The Labute approximate surface area is 204 Å². The van der Waals surface area contributed by atoms with Gasteiger partial charge in [0.1, 0.15) is 0 Å². The average molecular weight is 500 g/mol. The van der Waals surface area contributed by atoms with Gasteiger partial charge < -0.3 is 10.2 Å². The van der Waals surface area contributed by atoms with Gasteiger partial charge in [-0.3, -0.25) is 9.69 Å². The molecule has 3 amide bonds. The maximum absolute atomic E-state index is 14.0. The number of nitrogens with zero attached hydrogens (tertiary/aromatic N) is 2. The van der Waals surface area contributed by atoms with Crippen LogP contribution in [0.4, 0.5) is 25.0 Å².